The van der Waals surface area contributed by atoms with Crippen LogP contribution in [0.3, 0.4) is 0 Å². The summed E-state index contributed by atoms with van der Waals surface area (Å²) in [4.78, 5) is 2.15. The molecule has 2 N–H and O–H groups in total. The Morgan fingerprint density at radius 1 is 1.44 bits per heavy atom. The molecule has 90 valence electrons. The van der Waals surface area contributed by atoms with Gasteiger partial charge in [0, 0.05) is 24.7 Å². The second-order valence-electron chi connectivity index (χ2n) is 4.30. The minimum atomic E-state index is -0.155. The summed E-state index contributed by atoms with van der Waals surface area (Å²) in [6.45, 7) is 5.31. The first kappa shape index (κ1) is 13.1. The number of hydrogen-bond acceptors (Lipinski definition) is 2. The minimum absolute atomic E-state index is 0.155. The number of hydrogen-bond donors (Lipinski definition) is 1. The van der Waals surface area contributed by atoms with E-state index in [1.165, 1.54) is 6.07 Å². The average Bonchev–Trinajstić information content (AvgIpc) is 2.30. The largest absolute Gasteiger partial charge is 0.326 e. The number of rotatable bonds is 5. The summed E-state index contributed by atoms with van der Waals surface area (Å²) in [6, 6.07) is 5.72. The summed E-state index contributed by atoms with van der Waals surface area (Å²) in [5.74, 6) is -0.155. The van der Waals surface area contributed by atoms with Crippen LogP contribution in [-0.2, 0) is 13.1 Å². The van der Waals surface area contributed by atoms with Gasteiger partial charge in [-0.15, -0.1) is 0 Å². The molecule has 1 aromatic carbocycles. The van der Waals surface area contributed by atoms with E-state index in [0.717, 1.165) is 17.5 Å². The Morgan fingerprint density at radius 2 is 2.12 bits per heavy atom. The molecule has 1 unspecified atom stereocenters. The van der Waals surface area contributed by atoms with Crippen molar-refractivity contribution >= 4 is 0 Å². The van der Waals surface area contributed by atoms with Gasteiger partial charge in [0.25, 0.3) is 0 Å². The van der Waals surface area contributed by atoms with Crippen LogP contribution in [0.25, 0.3) is 0 Å². The molecule has 0 aliphatic carbocycles. The van der Waals surface area contributed by atoms with E-state index in [0.29, 0.717) is 19.1 Å². The van der Waals surface area contributed by atoms with Crippen LogP contribution in [0.4, 0.5) is 4.39 Å². The van der Waals surface area contributed by atoms with E-state index in [9.17, 15) is 4.39 Å². The zero-order valence-electron chi connectivity index (χ0n) is 10.3. The van der Waals surface area contributed by atoms with Gasteiger partial charge >= 0.3 is 0 Å². The molecule has 0 aliphatic rings. The maximum atomic E-state index is 13.7. The van der Waals surface area contributed by atoms with E-state index in [-0.39, 0.29) is 5.82 Å². The molecule has 0 radical (unpaired) electrons. The van der Waals surface area contributed by atoms with Gasteiger partial charge in [0.15, 0.2) is 0 Å². The lowest BCUT2D eigenvalue weighted by molar-refractivity contribution is 0.240. The average molecular weight is 224 g/mol. The van der Waals surface area contributed by atoms with Gasteiger partial charge in [0.05, 0.1) is 0 Å². The Balaban J connectivity index is 2.74. The van der Waals surface area contributed by atoms with Gasteiger partial charge in [-0.25, -0.2) is 4.39 Å². The van der Waals surface area contributed by atoms with Crippen LogP contribution < -0.4 is 5.73 Å². The molecular weight excluding hydrogens is 203 g/mol. The van der Waals surface area contributed by atoms with Gasteiger partial charge in [0.2, 0.25) is 0 Å². The molecule has 0 saturated carbocycles. The van der Waals surface area contributed by atoms with E-state index in [1.54, 1.807) is 0 Å². The van der Waals surface area contributed by atoms with Crippen LogP contribution in [-0.4, -0.2) is 18.0 Å². The first-order valence-corrected chi connectivity index (χ1v) is 5.76. The second kappa shape index (κ2) is 5.97. The molecule has 0 saturated heterocycles. The quantitative estimate of drug-likeness (QED) is 0.832. The molecule has 16 heavy (non-hydrogen) atoms. The Bertz CT molecular complexity index is 339. The molecule has 0 aromatic heterocycles. The summed E-state index contributed by atoms with van der Waals surface area (Å²) in [5.41, 5.74) is 7.04. The zero-order chi connectivity index (χ0) is 12.1. The summed E-state index contributed by atoms with van der Waals surface area (Å²) in [6.07, 6.45) is 1.07. The number of nitrogens with zero attached hydrogens (tertiary/aromatic N) is 1. The fourth-order valence-corrected chi connectivity index (χ4v) is 1.58. The summed E-state index contributed by atoms with van der Waals surface area (Å²) < 4.78 is 13.7. The van der Waals surface area contributed by atoms with E-state index in [1.807, 2.05) is 19.2 Å². The van der Waals surface area contributed by atoms with Crippen LogP contribution >= 0.6 is 0 Å². The molecule has 0 amide bonds. The third kappa shape index (κ3) is 3.29. The van der Waals surface area contributed by atoms with E-state index in [2.05, 4.69) is 18.7 Å². The molecule has 0 fully saturated rings. The zero-order valence-corrected chi connectivity index (χ0v) is 10.3. The first-order chi connectivity index (χ1) is 7.58. The van der Waals surface area contributed by atoms with Crippen LogP contribution in [0.5, 0.6) is 0 Å². The van der Waals surface area contributed by atoms with Crippen LogP contribution in [0.15, 0.2) is 18.2 Å². The van der Waals surface area contributed by atoms with Gasteiger partial charge in [-0.3, -0.25) is 4.90 Å². The molecule has 1 rings (SSSR count). The van der Waals surface area contributed by atoms with Crippen LogP contribution in [0.2, 0.25) is 0 Å². The van der Waals surface area contributed by atoms with Crippen molar-refractivity contribution in [1.29, 1.82) is 0 Å². The molecule has 0 bridgehead atoms. The van der Waals surface area contributed by atoms with E-state index in [4.69, 9.17) is 5.73 Å². The molecule has 1 atom stereocenters. The molecule has 3 heteroatoms. The predicted molar refractivity (Wildman–Crippen MR) is 65.5 cm³/mol. The maximum Gasteiger partial charge on any atom is 0.128 e. The molecule has 0 spiro atoms. The topological polar surface area (TPSA) is 29.3 Å². The molecule has 0 heterocycles. The number of benzene rings is 1. The van der Waals surface area contributed by atoms with Crippen molar-refractivity contribution < 1.29 is 4.39 Å². The summed E-state index contributed by atoms with van der Waals surface area (Å²) >= 11 is 0. The van der Waals surface area contributed by atoms with Crippen molar-refractivity contribution in [3.8, 4) is 0 Å². The fraction of sp³-hybridized carbons (Fsp3) is 0.538. The highest BCUT2D eigenvalue weighted by atomic mass is 19.1. The van der Waals surface area contributed by atoms with Gasteiger partial charge in [-0.2, -0.15) is 0 Å². The lowest BCUT2D eigenvalue weighted by atomic mass is 10.1. The van der Waals surface area contributed by atoms with Gasteiger partial charge < -0.3 is 5.73 Å². The lowest BCUT2D eigenvalue weighted by Crippen LogP contribution is -2.28. The van der Waals surface area contributed by atoms with Crippen LogP contribution in [0, 0.1) is 5.82 Å². The standard InChI is InChI=1S/C13H21FN2/c1-4-10(2)16(3)9-12-6-5-11(8-15)7-13(12)14/h5-7,10H,4,8-9,15H2,1-3H3. The Kier molecular flexibility index (Phi) is 4.90. The van der Waals surface area contributed by atoms with E-state index >= 15 is 0 Å². The minimum Gasteiger partial charge on any atom is -0.326 e. The maximum absolute atomic E-state index is 13.7. The van der Waals surface area contributed by atoms with Crippen molar-refractivity contribution in [2.45, 2.75) is 39.4 Å². The summed E-state index contributed by atoms with van der Waals surface area (Å²) in [5, 5.41) is 0. The van der Waals surface area contributed by atoms with Gasteiger partial charge in [-0.05, 0) is 32.0 Å². The fourth-order valence-electron chi connectivity index (χ4n) is 1.58. The third-order valence-corrected chi connectivity index (χ3v) is 3.12. The molecule has 0 aliphatic heterocycles. The highest BCUT2D eigenvalue weighted by Crippen LogP contribution is 2.14. The number of halogens is 1. The lowest BCUT2D eigenvalue weighted by Gasteiger charge is -2.23. The highest BCUT2D eigenvalue weighted by molar-refractivity contribution is 5.24. The molecule has 2 nitrogen and oxygen atoms in total. The molecule has 1 aromatic rings. The normalized spacial score (nSPS) is 13.1. The van der Waals surface area contributed by atoms with Gasteiger partial charge in [0.1, 0.15) is 5.82 Å². The second-order valence-corrected chi connectivity index (χ2v) is 4.30. The monoisotopic (exact) mass is 224 g/mol. The smallest absolute Gasteiger partial charge is 0.128 e. The SMILES string of the molecule is CCC(C)N(C)Cc1ccc(CN)cc1F. The first-order valence-electron chi connectivity index (χ1n) is 5.76. The van der Waals surface area contributed by atoms with Crippen molar-refractivity contribution in [2.24, 2.45) is 5.73 Å². The summed E-state index contributed by atoms with van der Waals surface area (Å²) in [7, 11) is 2.02. The van der Waals surface area contributed by atoms with Crippen molar-refractivity contribution in [3.05, 3.63) is 35.1 Å². The number of nitrogens with two attached hydrogens (primary N) is 1. The Labute approximate surface area is 97.3 Å². The highest BCUT2D eigenvalue weighted by Gasteiger charge is 2.10. The Hall–Kier alpha value is -0.930. The Morgan fingerprint density at radius 3 is 2.62 bits per heavy atom. The van der Waals surface area contributed by atoms with E-state index < -0.39 is 0 Å². The van der Waals surface area contributed by atoms with Gasteiger partial charge in [-0.1, -0.05) is 19.1 Å². The van der Waals surface area contributed by atoms with Crippen molar-refractivity contribution in [1.82, 2.24) is 4.90 Å². The van der Waals surface area contributed by atoms with Crippen LogP contribution in [0.1, 0.15) is 31.4 Å². The van der Waals surface area contributed by atoms with Crippen molar-refractivity contribution in [3.63, 3.8) is 0 Å². The molecular formula is C13H21FN2. The third-order valence-electron chi connectivity index (χ3n) is 3.12. The predicted octanol–water partition coefficient (Wildman–Crippen LogP) is 2.51. The van der Waals surface area contributed by atoms with Crippen molar-refractivity contribution in [2.75, 3.05) is 7.05 Å².